The number of hydrogen-bond acceptors (Lipinski definition) is 3. The Labute approximate surface area is 96.4 Å². The smallest absolute Gasteiger partial charge is 0.307 e. The molecule has 0 unspecified atom stereocenters. The molecular formula is C11H21N3O2. The number of nitrogens with two attached hydrogens (primary N) is 1. The molecule has 3 N–H and O–H groups in total. The van der Waals surface area contributed by atoms with Crippen molar-refractivity contribution < 1.29 is 9.53 Å². The molecule has 0 spiro atoms. The highest BCUT2D eigenvalue weighted by Gasteiger charge is 2.13. The molecule has 1 aliphatic rings. The van der Waals surface area contributed by atoms with Gasteiger partial charge in [-0.25, -0.2) is 0 Å². The highest BCUT2D eigenvalue weighted by Crippen LogP contribution is 2.16. The zero-order valence-electron chi connectivity index (χ0n) is 9.87. The lowest BCUT2D eigenvalue weighted by molar-refractivity contribution is -0.140. The molecular weight excluding hydrogens is 206 g/mol. The first-order valence-corrected chi connectivity index (χ1v) is 5.85. The molecule has 0 bridgehead atoms. The Kier molecular flexibility index (Phi) is 5.67. The molecule has 1 aliphatic carbocycles. The predicted molar refractivity (Wildman–Crippen MR) is 63.1 cm³/mol. The molecule has 0 amide bonds. The summed E-state index contributed by atoms with van der Waals surface area (Å²) in [5.74, 6) is 0.185. The molecule has 5 nitrogen and oxygen atoms in total. The van der Waals surface area contributed by atoms with Crippen LogP contribution >= 0.6 is 0 Å². The lowest BCUT2D eigenvalue weighted by Crippen LogP contribution is -2.41. The van der Waals surface area contributed by atoms with E-state index in [1.807, 2.05) is 0 Å². The number of nitrogens with one attached hydrogen (secondary N) is 1. The number of carbonyl (C=O) groups is 1. The maximum Gasteiger partial charge on any atom is 0.307 e. The second-order valence-corrected chi connectivity index (χ2v) is 4.07. The molecule has 0 radical (unpaired) electrons. The average molecular weight is 227 g/mol. The first kappa shape index (κ1) is 12.8. The lowest BCUT2D eigenvalue weighted by Gasteiger charge is -2.23. The molecule has 1 fully saturated rings. The van der Waals surface area contributed by atoms with Gasteiger partial charge in [0.05, 0.1) is 20.1 Å². The standard InChI is InChI=1S/C11H21N3O2/c1-16-10(15)7-8-13-11(12)14-9-5-3-2-4-6-9/h9H,2-8H2,1H3,(H3,12,13,14). The average Bonchev–Trinajstić information content (AvgIpc) is 2.30. The summed E-state index contributed by atoms with van der Waals surface area (Å²) in [6.07, 6.45) is 6.43. The van der Waals surface area contributed by atoms with Crippen LogP contribution < -0.4 is 11.1 Å². The van der Waals surface area contributed by atoms with Crippen molar-refractivity contribution in [1.29, 1.82) is 0 Å². The van der Waals surface area contributed by atoms with Gasteiger partial charge >= 0.3 is 5.97 Å². The Balaban J connectivity index is 2.19. The molecule has 0 aromatic rings. The third-order valence-corrected chi connectivity index (χ3v) is 2.78. The zero-order chi connectivity index (χ0) is 11.8. The molecule has 0 aliphatic heterocycles. The van der Waals surface area contributed by atoms with Gasteiger partial charge in [0.2, 0.25) is 0 Å². The number of guanidine groups is 1. The number of hydrogen-bond donors (Lipinski definition) is 2. The van der Waals surface area contributed by atoms with Crippen molar-refractivity contribution in [2.75, 3.05) is 13.7 Å². The van der Waals surface area contributed by atoms with E-state index < -0.39 is 0 Å². The summed E-state index contributed by atoms with van der Waals surface area (Å²) in [6, 6.07) is 0.454. The van der Waals surface area contributed by atoms with Gasteiger partial charge in [-0.3, -0.25) is 9.79 Å². The summed E-state index contributed by atoms with van der Waals surface area (Å²) in [5, 5.41) is 3.19. The van der Waals surface area contributed by atoms with Gasteiger partial charge in [-0.2, -0.15) is 0 Å². The van der Waals surface area contributed by atoms with E-state index in [0.29, 0.717) is 18.5 Å². The number of nitrogens with zero attached hydrogens (tertiary/aromatic N) is 1. The molecule has 1 saturated carbocycles. The number of esters is 1. The molecule has 92 valence electrons. The van der Waals surface area contributed by atoms with E-state index in [0.717, 1.165) is 12.8 Å². The topological polar surface area (TPSA) is 76.7 Å². The fourth-order valence-electron chi connectivity index (χ4n) is 1.87. The normalized spacial score (nSPS) is 18.2. The van der Waals surface area contributed by atoms with Crippen LogP contribution in [0.4, 0.5) is 0 Å². The van der Waals surface area contributed by atoms with Crippen LogP contribution in [0.25, 0.3) is 0 Å². The highest BCUT2D eigenvalue weighted by atomic mass is 16.5. The lowest BCUT2D eigenvalue weighted by atomic mass is 9.96. The number of rotatable bonds is 4. The SMILES string of the molecule is COC(=O)CCN=C(N)NC1CCCCC1. The molecule has 0 saturated heterocycles. The van der Waals surface area contributed by atoms with Crippen LogP contribution in [0.5, 0.6) is 0 Å². The van der Waals surface area contributed by atoms with Crippen molar-refractivity contribution in [3.63, 3.8) is 0 Å². The van der Waals surface area contributed by atoms with E-state index in [1.54, 1.807) is 0 Å². The first-order valence-electron chi connectivity index (χ1n) is 5.85. The van der Waals surface area contributed by atoms with Crippen LogP contribution in [0, 0.1) is 0 Å². The van der Waals surface area contributed by atoms with Crippen LogP contribution in [0.15, 0.2) is 4.99 Å². The number of methoxy groups -OCH3 is 1. The molecule has 0 atom stereocenters. The fraction of sp³-hybridized carbons (Fsp3) is 0.818. The second-order valence-electron chi connectivity index (χ2n) is 4.07. The van der Waals surface area contributed by atoms with Crippen molar-refractivity contribution in [3.05, 3.63) is 0 Å². The minimum atomic E-state index is -0.255. The molecule has 16 heavy (non-hydrogen) atoms. The van der Waals surface area contributed by atoms with E-state index in [9.17, 15) is 4.79 Å². The van der Waals surface area contributed by atoms with Crippen LogP contribution in [-0.2, 0) is 9.53 Å². The van der Waals surface area contributed by atoms with Gasteiger partial charge in [-0.1, -0.05) is 19.3 Å². The van der Waals surface area contributed by atoms with Crippen molar-refractivity contribution in [2.45, 2.75) is 44.6 Å². The molecule has 0 heterocycles. The molecule has 0 aromatic carbocycles. The van der Waals surface area contributed by atoms with Gasteiger partial charge in [-0.05, 0) is 12.8 Å². The third kappa shape index (κ3) is 5.00. The van der Waals surface area contributed by atoms with Crippen LogP contribution in [0.2, 0.25) is 0 Å². The van der Waals surface area contributed by atoms with Gasteiger partial charge in [0.1, 0.15) is 0 Å². The number of aliphatic imine (C=N–C) groups is 1. The van der Waals surface area contributed by atoms with E-state index in [-0.39, 0.29) is 12.4 Å². The quantitative estimate of drug-likeness (QED) is 0.423. The Morgan fingerprint density at radius 2 is 2.12 bits per heavy atom. The van der Waals surface area contributed by atoms with Gasteiger partial charge in [0.15, 0.2) is 5.96 Å². The minimum Gasteiger partial charge on any atom is -0.469 e. The van der Waals surface area contributed by atoms with Crippen molar-refractivity contribution >= 4 is 11.9 Å². The van der Waals surface area contributed by atoms with E-state index in [1.165, 1.54) is 26.4 Å². The Morgan fingerprint density at radius 1 is 1.44 bits per heavy atom. The summed E-state index contributed by atoms with van der Waals surface area (Å²) in [4.78, 5) is 14.9. The minimum absolute atomic E-state index is 0.255. The van der Waals surface area contributed by atoms with E-state index in [4.69, 9.17) is 5.73 Å². The fourth-order valence-corrected chi connectivity index (χ4v) is 1.87. The summed E-state index contributed by atoms with van der Waals surface area (Å²) in [7, 11) is 1.37. The van der Waals surface area contributed by atoms with Gasteiger partial charge in [0.25, 0.3) is 0 Å². The Morgan fingerprint density at radius 3 is 2.75 bits per heavy atom. The summed E-state index contributed by atoms with van der Waals surface area (Å²) >= 11 is 0. The van der Waals surface area contributed by atoms with Gasteiger partial charge < -0.3 is 15.8 Å². The van der Waals surface area contributed by atoms with Crippen LogP contribution in [0.1, 0.15) is 38.5 Å². The van der Waals surface area contributed by atoms with E-state index in [2.05, 4.69) is 15.0 Å². The maximum absolute atomic E-state index is 10.8. The number of ether oxygens (including phenoxy) is 1. The predicted octanol–water partition coefficient (Wildman–Crippen LogP) is 0.786. The number of carbonyl (C=O) groups excluding carboxylic acids is 1. The Bertz CT molecular complexity index is 248. The van der Waals surface area contributed by atoms with Gasteiger partial charge in [-0.15, -0.1) is 0 Å². The third-order valence-electron chi connectivity index (χ3n) is 2.78. The largest absolute Gasteiger partial charge is 0.469 e. The van der Waals surface area contributed by atoms with Crippen LogP contribution in [0.3, 0.4) is 0 Å². The van der Waals surface area contributed by atoms with Crippen molar-refractivity contribution in [1.82, 2.24) is 5.32 Å². The van der Waals surface area contributed by atoms with Crippen molar-refractivity contribution in [2.24, 2.45) is 10.7 Å². The summed E-state index contributed by atoms with van der Waals surface area (Å²) in [5.41, 5.74) is 5.72. The molecule has 1 rings (SSSR count). The highest BCUT2D eigenvalue weighted by molar-refractivity contribution is 5.78. The second kappa shape index (κ2) is 7.09. The summed E-state index contributed by atoms with van der Waals surface area (Å²) < 4.78 is 4.51. The zero-order valence-corrected chi connectivity index (χ0v) is 9.87. The van der Waals surface area contributed by atoms with Crippen LogP contribution in [-0.4, -0.2) is 31.6 Å². The Hall–Kier alpha value is -1.26. The van der Waals surface area contributed by atoms with Crippen molar-refractivity contribution in [3.8, 4) is 0 Å². The molecule has 5 heteroatoms. The molecule has 0 aromatic heterocycles. The first-order chi connectivity index (χ1) is 7.72. The summed E-state index contributed by atoms with van der Waals surface area (Å²) in [6.45, 7) is 0.387. The monoisotopic (exact) mass is 227 g/mol. The van der Waals surface area contributed by atoms with E-state index >= 15 is 0 Å². The maximum atomic E-state index is 10.8. The van der Waals surface area contributed by atoms with Gasteiger partial charge in [0, 0.05) is 6.04 Å².